The number of hydrogen-bond acceptors (Lipinski definition) is 2. The van der Waals surface area contributed by atoms with E-state index in [4.69, 9.17) is 11.1 Å². The van der Waals surface area contributed by atoms with Crippen LogP contribution in [0.2, 0.25) is 0 Å². The van der Waals surface area contributed by atoms with E-state index in [0.29, 0.717) is 0 Å². The average molecular weight is 641 g/mol. The highest BCUT2D eigenvalue weighted by Crippen LogP contribution is 2.63. The summed E-state index contributed by atoms with van der Waals surface area (Å²) in [7, 11) is 0. The molecule has 0 aromatic heterocycles. The molecule has 2 nitrogen and oxygen atoms in total. The zero-order valence-electron chi connectivity index (χ0n) is 27.7. The highest BCUT2D eigenvalue weighted by atomic mass is 14.7. The molecule has 238 valence electrons. The van der Waals surface area contributed by atoms with Gasteiger partial charge in [0.05, 0.1) is 5.41 Å². The first kappa shape index (κ1) is 30.0. The van der Waals surface area contributed by atoms with Crippen LogP contribution in [-0.4, -0.2) is 6.72 Å². The Morgan fingerprint density at radius 3 is 1.62 bits per heavy atom. The fraction of sp³-hybridized carbons (Fsp3) is 0.0625. The molecule has 0 amide bonds. The van der Waals surface area contributed by atoms with Crippen LogP contribution in [0.4, 0.5) is 0 Å². The lowest BCUT2D eigenvalue weighted by molar-refractivity contribution is 0.630. The maximum absolute atomic E-state index is 7.14. The summed E-state index contributed by atoms with van der Waals surface area (Å²) in [5, 5.41) is 10.9. The van der Waals surface area contributed by atoms with Crippen molar-refractivity contribution in [2.75, 3.05) is 0 Å². The van der Waals surface area contributed by atoms with Gasteiger partial charge in [-0.05, 0) is 89.5 Å². The number of benzene rings is 8. The second-order valence-electron chi connectivity index (χ2n) is 13.3. The molecule has 8 aromatic rings. The second-order valence-corrected chi connectivity index (χ2v) is 13.3. The van der Waals surface area contributed by atoms with Gasteiger partial charge in [-0.3, -0.25) is 0 Å². The summed E-state index contributed by atoms with van der Waals surface area (Å²) < 4.78 is 0. The van der Waals surface area contributed by atoms with Gasteiger partial charge < -0.3 is 11.1 Å². The van der Waals surface area contributed by atoms with Crippen LogP contribution in [0.1, 0.15) is 50.9 Å². The molecule has 0 aliphatic heterocycles. The van der Waals surface area contributed by atoms with Gasteiger partial charge in [0.1, 0.15) is 0 Å². The molecule has 0 saturated heterocycles. The molecule has 0 radical (unpaired) electrons. The summed E-state index contributed by atoms with van der Waals surface area (Å²) in [5.74, 6) is 0.00322. The third-order valence-electron chi connectivity index (χ3n) is 11.0. The van der Waals surface area contributed by atoms with Crippen molar-refractivity contribution in [3.8, 4) is 22.3 Å². The summed E-state index contributed by atoms with van der Waals surface area (Å²) in [5.41, 5.74) is 21.0. The van der Waals surface area contributed by atoms with Crippen LogP contribution in [0, 0.1) is 5.41 Å². The monoisotopic (exact) mass is 640 g/mol. The average Bonchev–Trinajstić information content (AvgIpc) is 3.67. The van der Waals surface area contributed by atoms with Crippen molar-refractivity contribution < 1.29 is 0 Å². The van der Waals surface area contributed by atoms with E-state index in [9.17, 15) is 0 Å². The summed E-state index contributed by atoms with van der Waals surface area (Å²) in [4.78, 5) is 0. The maximum Gasteiger partial charge on any atom is 0.0726 e. The van der Waals surface area contributed by atoms with E-state index >= 15 is 0 Å². The van der Waals surface area contributed by atoms with Crippen LogP contribution in [0.25, 0.3) is 43.8 Å². The molecular weight excluding hydrogens is 605 g/mol. The van der Waals surface area contributed by atoms with E-state index in [1.54, 1.807) is 0 Å². The molecule has 50 heavy (non-hydrogen) atoms. The van der Waals surface area contributed by atoms with Crippen LogP contribution in [0.15, 0.2) is 176 Å². The van der Waals surface area contributed by atoms with Gasteiger partial charge in [-0.25, -0.2) is 0 Å². The van der Waals surface area contributed by atoms with Crippen LogP contribution >= 0.6 is 0 Å². The first-order valence-corrected chi connectivity index (χ1v) is 17.2. The largest absolute Gasteiger partial charge is 0.323 e. The first-order valence-electron chi connectivity index (χ1n) is 17.2. The summed E-state index contributed by atoms with van der Waals surface area (Å²) >= 11 is 0. The van der Waals surface area contributed by atoms with E-state index in [1.807, 2.05) is 0 Å². The molecule has 2 atom stereocenters. The SMILES string of the molecule is C=N.NC(c1ccccc1)C(c1ccccc1)c1cccc(-c2cccc3c2-c2ccccc2C32c3cccc4ccc5cccc2c5c34)c1. The molecular formula is C48H36N2. The molecule has 2 unspecified atom stereocenters. The van der Waals surface area contributed by atoms with Crippen LogP contribution in [0.5, 0.6) is 0 Å². The molecule has 2 aliphatic rings. The zero-order chi connectivity index (χ0) is 33.8. The zero-order valence-corrected chi connectivity index (χ0v) is 27.7. The fourth-order valence-electron chi connectivity index (χ4n) is 9.11. The summed E-state index contributed by atoms with van der Waals surface area (Å²) in [6.45, 7) is 2.50. The minimum absolute atomic E-state index is 0.00322. The molecule has 0 heterocycles. The van der Waals surface area contributed by atoms with E-state index < -0.39 is 0 Å². The molecule has 3 N–H and O–H groups in total. The number of rotatable bonds is 5. The van der Waals surface area contributed by atoms with Gasteiger partial charge >= 0.3 is 0 Å². The van der Waals surface area contributed by atoms with Gasteiger partial charge in [-0.2, -0.15) is 0 Å². The number of fused-ring (bicyclic) bond motifs is 7. The van der Waals surface area contributed by atoms with Gasteiger partial charge in [-0.15, -0.1) is 0 Å². The molecule has 2 aliphatic carbocycles. The minimum Gasteiger partial charge on any atom is -0.323 e. The lowest BCUT2D eigenvalue weighted by Crippen LogP contribution is -2.26. The Balaban J connectivity index is 0.00000165. The van der Waals surface area contributed by atoms with Gasteiger partial charge in [-0.1, -0.05) is 176 Å². The minimum atomic E-state index is -0.371. The standard InChI is InChI=1S/C47H33N.CH3N/c48-46(33-15-5-2-6-16-33)42(30-13-3-1-4-14-30)35-20-9-19-34(29-35)36-22-12-26-41-45(36)37-21-7-8-23-38(37)47(41)39-24-10-17-31-27-28-32-18-11-25-40(47)44(32)43(31)39;1-2/h1-29,42,46H,48H2;2H,1H2. The van der Waals surface area contributed by atoms with Gasteiger partial charge in [0.2, 0.25) is 0 Å². The van der Waals surface area contributed by atoms with Crippen molar-refractivity contribution in [3.63, 3.8) is 0 Å². The van der Waals surface area contributed by atoms with Crippen molar-refractivity contribution in [2.45, 2.75) is 17.4 Å². The van der Waals surface area contributed by atoms with Crippen molar-refractivity contribution in [1.29, 1.82) is 5.41 Å². The molecule has 2 heteroatoms. The Kier molecular flexibility index (Phi) is 7.08. The smallest absolute Gasteiger partial charge is 0.0726 e. The highest BCUT2D eigenvalue weighted by molar-refractivity contribution is 6.17. The third kappa shape index (κ3) is 4.16. The van der Waals surface area contributed by atoms with Gasteiger partial charge in [0, 0.05) is 12.0 Å². The molecule has 0 bridgehead atoms. The van der Waals surface area contributed by atoms with Crippen molar-refractivity contribution in [1.82, 2.24) is 0 Å². The Labute approximate surface area is 293 Å². The maximum atomic E-state index is 7.14. The molecule has 10 rings (SSSR count). The van der Waals surface area contributed by atoms with E-state index in [2.05, 4.69) is 183 Å². The lowest BCUT2D eigenvalue weighted by Gasteiger charge is -2.31. The predicted octanol–water partition coefficient (Wildman–Crippen LogP) is 11.4. The Morgan fingerprint density at radius 2 is 0.940 bits per heavy atom. The van der Waals surface area contributed by atoms with E-state index in [1.165, 1.54) is 77.2 Å². The van der Waals surface area contributed by atoms with Crippen LogP contribution in [-0.2, 0) is 5.41 Å². The summed E-state index contributed by atoms with van der Waals surface area (Å²) in [6.07, 6.45) is 0. The van der Waals surface area contributed by atoms with Crippen molar-refractivity contribution >= 4 is 28.3 Å². The normalized spacial score (nSPS) is 14.3. The Morgan fingerprint density at radius 1 is 0.440 bits per heavy atom. The first-order chi connectivity index (χ1) is 24.7. The lowest BCUT2D eigenvalue weighted by atomic mass is 9.70. The van der Waals surface area contributed by atoms with Crippen LogP contribution in [0.3, 0.4) is 0 Å². The van der Waals surface area contributed by atoms with Crippen LogP contribution < -0.4 is 5.73 Å². The molecule has 0 saturated carbocycles. The van der Waals surface area contributed by atoms with Crippen molar-refractivity contribution in [3.05, 3.63) is 215 Å². The quantitative estimate of drug-likeness (QED) is 0.143. The van der Waals surface area contributed by atoms with Gasteiger partial charge in [0.25, 0.3) is 0 Å². The van der Waals surface area contributed by atoms with Gasteiger partial charge in [0.15, 0.2) is 0 Å². The summed E-state index contributed by atoms with van der Waals surface area (Å²) in [6, 6.07) is 64.5. The van der Waals surface area contributed by atoms with E-state index in [-0.39, 0.29) is 17.4 Å². The Hall–Kier alpha value is -6.09. The Bertz CT molecular complexity index is 2490. The predicted molar refractivity (Wildman–Crippen MR) is 209 cm³/mol. The molecule has 1 spiro atoms. The molecule has 0 fully saturated rings. The fourth-order valence-corrected chi connectivity index (χ4v) is 9.11. The number of nitrogens with one attached hydrogen (secondary N) is 1. The highest BCUT2D eigenvalue weighted by Gasteiger charge is 2.51. The van der Waals surface area contributed by atoms with Crippen molar-refractivity contribution in [2.24, 2.45) is 5.73 Å². The topological polar surface area (TPSA) is 49.9 Å². The third-order valence-corrected chi connectivity index (χ3v) is 11.0. The number of hydrogen-bond donors (Lipinski definition) is 2. The second kappa shape index (κ2) is 11.8. The molecule has 8 aromatic carbocycles. The van der Waals surface area contributed by atoms with E-state index in [0.717, 1.165) is 5.56 Å². The number of nitrogens with two attached hydrogens (primary N) is 1.